The molecular weight excluding hydrogens is 813 g/mol. The van der Waals surface area contributed by atoms with Gasteiger partial charge in [-0.25, -0.2) is 24.0 Å². The van der Waals surface area contributed by atoms with Gasteiger partial charge in [0.05, 0.1) is 34.2 Å². The number of aromatic hydroxyl groups is 1. The van der Waals surface area contributed by atoms with Crippen LogP contribution in [0.2, 0.25) is 0 Å². The topological polar surface area (TPSA) is 183 Å². The summed E-state index contributed by atoms with van der Waals surface area (Å²) in [5.41, 5.74) is -0.431. The molecule has 14 nitrogen and oxygen atoms in total. The van der Waals surface area contributed by atoms with Crippen molar-refractivity contribution in [2.75, 3.05) is 13.2 Å². The Hall–Kier alpha value is -7.45. The second-order valence-electron chi connectivity index (χ2n) is 14.5. The maximum Gasteiger partial charge on any atom is 0.383 e. The molecule has 1 aliphatic rings. The molecular formula is C49H44O14. The Bertz CT molecular complexity index is 2540. The van der Waals surface area contributed by atoms with Gasteiger partial charge in [0.25, 0.3) is 0 Å². The van der Waals surface area contributed by atoms with Gasteiger partial charge in [0.2, 0.25) is 18.1 Å². The Morgan fingerprint density at radius 1 is 0.603 bits per heavy atom. The zero-order valence-electron chi connectivity index (χ0n) is 34.2. The van der Waals surface area contributed by atoms with E-state index >= 15 is 0 Å². The standard InChI is InChI=1S/C49H44O14/c1-2-3-4-17-28-56-41-39(50)36-27-26-35(29-37(36)59-48(41)55)58-49-43(63-47(54)34-24-15-8-16-25-34)42(62-46(53)33-22-13-7-14-23-33)40(61-45(52)32-20-11-6-12-21-32)38(60-49)30-57-44(51)31-18-9-5-10-19-31/h5-16,18-27,29,38,40,42-43,49-50H,2-4,17,28,30H2,1H3/t38-,40+,42+,43-,49-/m1/s1. The Morgan fingerprint density at radius 2 is 1.11 bits per heavy atom. The van der Waals surface area contributed by atoms with Crippen LogP contribution in [-0.2, 0) is 23.7 Å². The van der Waals surface area contributed by atoms with Gasteiger partial charge in [0, 0.05) is 6.07 Å². The number of unbranched alkanes of at least 4 members (excludes halogenated alkanes) is 3. The fourth-order valence-electron chi connectivity index (χ4n) is 6.81. The summed E-state index contributed by atoms with van der Waals surface area (Å²) >= 11 is 0. The summed E-state index contributed by atoms with van der Waals surface area (Å²) in [6, 6.07) is 36.2. The highest BCUT2D eigenvalue weighted by Crippen LogP contribution is 2.36. The fourth-order valence-corrected chi connectivity index (χ4v) is 6.81. The third kappa shape index (κ3) is 10.9. The molecule has 1 fully saturated rings. The lowest BCUT2D eigenvalue weighted by atomic mass is 9.97. The van der Waals surface area contributed by atoms with Crippen LogP contribution in [0, 0.1) is 0 Å². The monoisotopic (exact) mass is 856 g/mol. The number of fused-ring (bicyclic) bond motifs is 1. The van der Waals surface area contributed by atoms with Crippen molar-refractivity contribution in [1.82, 2.24) is 0 Å². The molecule has 6 aromatic rings. The number of hydrogen-bond acceptors (Lipinski definition) is 14. The van der Waals surface area contributed by atoms with Gasteiger partial charge in [0.15, 0.2) is 18.0 Å². The van der Waals surface area contributed by atoms with Gasteiger partial charge in [-0.05, 0) is 67.1 Å². The first-order chi connectivity index (χ1) is 30.7. The van der Waals surface area contributed by atoms with Crippen molar-refractivity contribution in [1.29, 1.82) is 0 Å². The van der Waals surface area contributed by atoms with E-state index in [4.69, 9.17) is 37.6 Å². The molecule has 1 saturated heterocycles. The van der Waals surface area contributed by atoms with Crippen LogP contribution in [0.5, 0.6) is 17.2 Å². The highest BCUT2D eigenvalue weighted by Gasteiger charge is 2.54. The summed E-state index contributed by atoms with van der Waals surface area (Å²) in [5.74, 6) is -4.13. The van der Waals surface area contributed by atoms with Crippen molar-refractivity contribution >= 4 is 34.8 Å². The van der Waals surface area contributed by atoms with Crippen molar-refractivity contribution in [3.05, 3.63) is 172 Å². The molecule has 1 aromatic heterocycles. The van der Waals surface area contributed by atoms with Crippen LogP contribution in [0.1, 0.15) is 74.0 Å². The van der Waals surface area contributed by atoms with Gasteiger partial charge < -0.3 is 42.7 Å². The van der Waals surface area contributed by atoms with Crippen molar-refractivity contribution < 1.29 is 61.9 Å². The van der Waals surface area contributed by atoms with Crippen molar-refractivity contribution in [3.63, 3.8) is 0 Å². The maximum atomic E-state index is 13.9. The van der Waals surface area contributed by atoms with Crippen LogP contribution in [0.25, 0.3) is 11.0 Å². The van der Waals surface area contributed by atoms with Crippen LogP contribution >= 0.6 is 0 Å². The Labute approximate surface area is 361 Å². The first-order valence-electron chi connectivity index (χ1n) is 20.4. The largest absolute Gasteiger partial charge is 0.504 e. The summed E-state index contributed by atoms with van der Waals surface area (Å²) in [4.78, 5) is 68.0. The predicted molar refractivity (Wildman–Crippen MR) is 227 cm³/mol. The summed E-state index contributed by atoms with van der Waals surface area (Å²) < 4.78 is 47.9. The molecule has 5 atom stereocenters. The minimum Gasteiger partial charge on any atom is -0.504 e. The summed E-state index contributed by atoms with van der Waals surface area (Å²) in [7, 11) is 0. The molecule has 1 N–H and O–H groups in total. The lowest BCUT2D eigenvalue weighted by Gasteiger charge is -2.44. The normalized spacial score (nSPS) is 18.1. The van der Waals surface area contributed by atoms with Crippen molar-refractivity contribution in [2.45, 2.75) is 63.3 Å². The number of rotatable bonds is 17. The molecule has 7 rings (SSSR count). The Balaban J connectivity index is 1.28. The van der Waals surface area contributed by atoms with Crippen LogP contribution < -0.4 is 15.1 Å². The number of ether oxygens (including phenoxy) is 7. The van der Waals surface area contributed by atoms with Gasteiger partial charge in [-0.2, -0.15) is 0 Å². The number of benzene rings is 5. The molecule has 0 unspecified atom stereocenters. The lowest BCUT2D eigenvalue weighted by Crippen LogP contribution is -2.63. The van der Waals surface area contributed by atoms with Gasteiger partial charge >= 0.3 is 29.5 Å². The van der Waals surface area contributed by atoms with E-state index in [-0.39, 0.29) is 51.3 Å². The zero-order chi connectivity index (χ0) is 44.1. The van der Waals surface area contributed by atoms with Crippen molar-refractivity contribution in [2.24, 2.45) is 0 Å². The SMILES string of the molecule is CCCCCCOc1c(O)c2ccc(O[C@@H]3O[C@H](COC(=O)c4ccccc4)[C@H](OC(=O)c4ccccc4)[C@H](OC(=O)c4ccccc4)[C@H]3OC(=O)c3ccccc3)cc2oc1=O. The second-order valence-corrected chi connectivity index (χ2v) is 14.5. The van der Waals surface area contributed by atoms with E-state index in [1.54, 1.807) is 84.9 Å². The first kappa shape index (κ1) is 43.6. The highest BCUT2D eigenvalue weighted by molar-refractivity contribution is 5.92. The minimum atomic E-state index is -1.68. The minimum absolute atomic E-state index is 0.0167. The molecule has 0 amide bonds. The van der Waals surface area contributed by atoms with E-state index in [9.17, 15) is 29.1 Å². The number of hydrogen-bond donors (Lipinski definition) is 1. The van der Waals surface area contributed by atoms with E-state index in [1.165, 1.54) is 54.6 Å². The van der Waals surface area contributed by atoms with E-state index in [2.05, 4.69) is 6.92 Å². The fraction of sp³-hybridized carbons (Fsp3) is 0.245. The average Bonchev–Trinajstić information content (AvgIpc) is 3.31. The summed E-state index contributed by atoms with van der Waals surface area (Å²) in [6.45, 7) is 1.70. The second kappa shape index (κ2) is 20.9. The molecule has 0 saturated carbocycles. The van der Waals surface area contributed by atoms with Crippen LogP contribution in [0.15, 0.2) is 149 Å². The molecule has 0 radical (unpaired) electrons. The Morgan fingerprint density at radius 3 is 1.65 bits per heavy atom. The third-order valence-corrected chi connectivity index (χ3v) is 10.0. The molecule has 324 valence electrons. The smallest absolute Gasteiger partial charge is 0.383 e. The van der Waals surface area contributed by atoms with Gasteiger partial charge in [-0.1, -0.05) is 99.0 Å². The molecule has 0 aliphatic carbocycles. The Kier molecular flexibility index (Phi) is 14.5. The van der Waals surface area contributed by atoms with E-state index < -0.39 is 72.6 Å². The van der Waals surface area contributed by atoms with E-state index in [0.717, 1.165) is 19.3 Å². The first-order valence-corrected chi connectivity index (χ1v) is 20.4. The third-order valence-electron chi connectivity index (χ3n) is 10.0. The summed E-state index contributed by atoms with van der Waals surface area (Å²) in [5, 5.41) is 11.2. The van der Waals surface area contributed by atoms with Crippen molar-refractivity contribution in [3.8, 4) is 17.2 Å². The maximum absolute atomic E-state index is 13.9. The molecule has 0 bridgehead atoms. The van der Waals surface area contributed by atoms with Gasteiger partial charge in [-0.3, -0.25) is 0 Å². The molecule has 1 aliphatic heterocycles. The predicted octanol–water partition coefficient (Wildman–Crippen LogP) is 8.10. The van der Waals surface area contributed by atoms with Crippen LogP contribution in [-0.4, -0.2) is 72.9 Å². The van der Waals surface area contributed by atoms with Gasteiger partial charge in [-0.15, -0.1) is 0 Å². The molecule has 5 aromatic carbocycles. The van der Waals surface area contributed by atoms with E-state index in [1.807, 2.05) is 0 Å². The lowest BCUT2D eigenvalue weighted by molar-refractivity contribution is -0.275. The highest BCUT2D eigenvalue weighted by atomic mass is 16.7. The molecule has 2 heterocycles. The summed E-state index contributed by atoms with van der Waals surface area (Å²) in [6.07, 6.45) is -4.46. The van der Waals surface area contributed by atoms with E-state index in [0.29, 0.717) is 6.42 Å². The molecule has 14 heteroatoms. The quantitative estimate of drug-likeness (QED) is 0.0402. The molecule has 63 heavy (non-hydrogen) atoms. The number of carbonyl (C=O) groups excluding carboxylic acids is 4. The average molecular weight is 857 g/mol. The van der Waals surface area contributed by atoms with Crippen LogP contribution in [0.4, 0.5) is 0 Å². The van der Waals surface area contributed by atoms with Gasteiger partial charge in [0.1, 0.15) is 24.0 Å². The number of esters is 4. The zero-order valence-corrected chi connectivity index (χ0v) is 34.2. The number of carbonyl (C=O) groups is 4. The van der Waals surface area contributed by atoms with Crippen LogP contribution in [0.3, 0.4) is 0 Å². The molecule has 0 spiro atoms.